The molecule has 0 unspecified atom stereocenters. The molecular formula is C15H16N2O4. The quantitative estimate of drug-likeness (QED) is 0.939. The number of benzene rings is 1. The molecule has 6 nitrogen and oxygen atoms in total. The van der Waals surface area contributed by atoms with Crippen LogP contribution in [0.25, 0.3) is 11.5 Å². The first-order valence-electron chi connectivity index (χ1n) is 6.76. The van der Waals surface area contributed by atoms with Crippen LogP contribution in [0.3, 0.4) is 0 Å². The van der Waals surface area contributed by atoms with E-state index in [-0.39, 0.29) is 5.92 Å². The average molecular weight is 288 g/mol. The van der Waals surface area contributed by atoms with E-state index in [0.717, 1.165) is 23.3 Å². The number of carboxylic acid groups (broad SMARTS) is 1. The number of para-hydroxylation sites is 1. The lowest BCUT2D eigenvalue weighted by Crippen LogP contribution is -2.31. The van der Waals surface area contributed by atoms with Crippen LogP contribution in [0.1, 0.15) is 17.9 Å². The predicted octanol–water partition coefficient (Wildman–Crippen LogP) is 2.82. The summed E-state index contributed by atoms with van der Waals surface area (Å²) in [5.74, 6) is 1.37. The highest BCUT2D eigenvalue weighted by molar-refractivity contribution is 5.67. The summed E-state index contributed by atoms with van der Waals surface area (Å²) in [6.45, 7) is 1.00. The van der Waals surface area contributed by atoms with Crippen molar-refractivity contribution in [3.8, 4) is 17.2 Å². The van der Waals surface area contributed by atoms with Crippen LogP contribution in [0.4, 0.5) is 4.79 Å². The molecule has 1 atom stereocenters. The molecule has 1 aliphatic rings. The Morgan fingerprint density at radius 2 is 2.38 bits per heavy atom. The number of hydrogen-bond acceptors (Lipinski definition) is 4. The second-order valence-electron chi connectivity index (χ2n) is 5.06. The van der Waals surface area contributed by atoms with Crippen molar-refractivity contribution in [2.75, 3.05) is 20.2 Å². The third-order valence-electron chi connectivity index (χ3n) is 3.68. The van der Waals surface area contributed by atoms with Crippen molar-refractivity contribution < 1.29 is 19.1 Å². The highest BCUT2D eigenvalue weighted by atomic mass is 16.5. The smallest absolute Gasteiger partial charge is 0.407 e. The molecule has 0 saturated heterocycles. The third-order valence-corrected chi connectivity index (χ3v) is 3.68. The van der Waals surface area contributed by atoms with Gasteiger partial charge in [0.15, 0.2) is 0 Å². The van der Waals surface area contributed by atoms with Crippen molar-refractivity contribution in [3.63, 3.8) is 0 Å². The van der Waals surface area contributed by atoms with E-state index in [1.165, 1.54) is 11.2 Å². The number of rotatable bonds is 3. The van der Waals surface area contributed by atoms with Gasteiger partial charge in [-0.25, -0.2) is 9.78 Å². The minimum atomic E-state index is -0.924. The highest BCUT2D eigenvalue weighted by Gasteiger charge is 2.27. The Morgan fingerprint density at radius 3 is 3.10 bits per heavy atom. The zero-order chi connectivity index (χ0) is 14.8. The van der Waals surface area contributed by atoms with Crippen LogP contribution in [-0.2, 0) is 0 Å². The minimum Gasteiger partial charge on any atom is -0.492 e. The number of likely N-dealkylation sites (N-methyl/N-ethyl adjacent to an activating group) is 1. The molecule has 1 aromatic carbocycles. The van der Waals surface area contributed by atoms with Crippen LogP contribution in [0, 0.1) is 0 Å². The van der Waals surface area contributed by atoms with Gasteiger partial charge in [0.1, 0.15) is 12.0 Å². The molecule has 2 heterocycles. The van der Waals surface area contributed by atoms with Gasteiger partial charge in [-0.2, -0.15) is 0 Å². The highest BCUT2D eigenvalue weighted by Crippen LogP contribution is 2.40. The van der Waals surface area contributed by atoms with Gasteiger partial charge in [-0.05, 0) is 18.1 Å². The van der Waals surface area contributed by atoms with E-state index in [1.807, 2.05) is 18.2 Å². The molecule has 1 aromatic heterocycles. The van der Waals surface area contributed by atoms with Crippen LogP contribution >= 0.6 is 0 Å². The van der Waals surface area contributed by atoms with Gasteiger partial charge in [0.2, 0.25) is 5.89 Å². The fourth-order valence-corrected chi connectivity index (χ4v) is 2.62. The Bertz CT molecular complexity index is 639. The summed E-state index contributed by atoms with van der Waals surface area (Å²) in [6, 6.07) is 5.79. The second kappa shape index (κ2) is 5.47. The molecule has 0 fully saturated rings. The van der Waals surface area contributed by atoms with Gasteiger partial charge in [-0.1, -0.05) is 12.1 Å². The lowest BCUT2D eigenvalue weighted by molar-refractivity contribution is 0.149. The largest absolute Gasteiger partial charge is 0.492 e. The molecule has 21 heavy (non-hydrogen) atoms. The maximum atomic E-state index is 11.0. The average Bonchev–Trinajstić information content (AvgIpc) is 3.01. The van der Waals surface area contributed by atoms with Gasteiger partial charge in [-0.15, -0.1) is 0 Å². The molecule has 6 heteroatoms. The Labute approximate surface area is 122 Å². The van der Waals surface area contributed by atoms with E-state index < -0.39 is 6.09 Å². The van der Waals surface area contributed by atoms with Crippen molar-refractivity contribution >= 4 is 6.09 Å². The van der Waals surface area contributed by atoms with Crippen LogP contribution in [0.5, 0.6) is 5.75 Å². The molecule has 0 radical (unpaired) electrons. The predicted molar refractivity (Wildman–Crippen MR) is 75.4 cm³/mol. The molecule has 0 spiro atoms. The molecule has 110 valence electrons. The summed E-state index contributed by atoms with van der Waals surface area (Å²) in [4.78, 5) is 16.5. The van der Waals surface area contributed by atoms with Crippen molar-refractivity contribution in [2.24, 2.45) is 0 Å². The standard InChI is InChI=1S/C15H16N2O4/c1-17(15(18)19)9-10-5-7-20-13-11(10)3-2-4-12(13)14-16-6-8-21-14/h2-4,6,8,10H,5,7,9H2,1H3,(H,18,19)/t10-/m0/s1. The topological polar surface area (TPSA) is 75.8 Å². The summed E-state index contributed by atoms with van der Waals surface area (Å²) in [5.41, 5.74) is 1.81. The first-order valence-corrected chi connectivity index (χ1v) is 6.76. The molecule has 1 N–H and O–H groups in total. The Morgan fingerprint density at radius 1 is 1.52 bits per heavy atom. The van der Waals surface area contributed by atoms with Crippen molar-refractivity contribution in [2.45, 2.75) is 12.3 Å². The number of fused-ring (bicyclic) bond motifs is 1. The van der Waals surface area contributed by atoms with E-state index >= 15 is 0 Å². The summed E-state index contributed by atoms with van der Waals surface area (Å²) in [6.07, 6.45) is 2.98. The Kier molecular flexibility index (Phi) is 3.51. The Hall–Kier alpha value is -2.50. The van der Waals surface area contributed by atoms with Crippen LogP contribution in [0.15, 0.2) is 35.1 Å². The van der Waals surface area contributed by atoms with Gasteiger partial charge in [0.05, 0.1) is 18.4 Å². The van der Waals surface area contributed by atoms with Gasteiger partial charge >= 0.3 is 6.09 Å². The normalized spacial score (nSPS) is 16.9. The van der Waals surface area contributed by atoms with Gasteiger partial charge in [0, 0.05) is 19.5 Å². The zero-order valence-corrected chi connectivity index (χ0v) is 11.7. The fraction of sp³-hybridized carbons (Fsp3) is 0.333. The van der Waals surface area contributed by atoms with Crippen LogP contribution in [-0.4, -0.2) is 41.3 Å². The first-order chi connectivity index (χ1) is 10.2. The first kappa shape index (κ1) is 13.5. The van der Waals surface area contributed by atoms with E-state index in [1.54, 1.807) is 13.2 Å². The molecule has 3 rings (SSSR count). The molecule has 2 aromatic rings. The number of carbonyl (C=O) groups is 1. The Balaban J connectivity index is 1.95. The van der Waals surface area contributed by atoms with Crippen LogP contribution in [0.2, 0.25) is 0 Å². The lowest BCUT2D eigenvalue weighted by Gasteiger charge is -2.29. The monoisotopic (exact) mass is 288 g/mol. The third kappa shape index (κ3) is 2.56. The molecule has 0 aliphatic carbocycles. The summed E-state index contributed by atoms with van der Waals surface area (Å²) in [5, 5.41) is 9.04. The summed E-state index contributed by atoms with van der Waals surface area (Å²) in [7, 11) is 1.58. The van der Waals surface area contributed by atoms with Crippen molar-refractivity contribution in [3.05, 3.63) is 36.2 Å². The van der Waals surface area contributed by atoms with E-state index in [2.05, 4.69) is 4.98 Å². The van der Waals surface area contributed by atoms with Gasteiger partial charge < -0.3 is 19.2 Å². The van der Waals surface area contributed by atoms with Crippen molar-refractivity contribution in [1.82, 2.24) is 9.88 Å². The van der Waals surface area contributed by atoms with E-state index in [9.17, 15) is 4.79 Å². The molecular weight excluding hydrogens is 272 g/mol. The van der Waals surface area contributed by atoms with E-state index in [4.69, 9.17) is 14.3 Å². The number of oxazole rings is 1. The molecule has 0 saturated carbocycles. The number of amides is 1. The number of ether oxygens (including phenoxy) is 1. The van der Waals surface area contributed by atoms with E-state index in [0.29, 0.717) is 19.0 Å². The second-order valence-corrected chi connectivity index (χ2v) is 5.06. The zero-order valence-electron chi connectivity index (χ0n) is 11.7. The maximum absolute atomic E-state index is 11.0. The number of hydrogen-bond donors (Lipinski definition) is 1. The number of nitrogens with zero attached hydrogens (tertiary/aromatic N) is 2. The molecule has 1 aliphatic heterocycles. The summed E-state index contributed by atoms with van der Waals surface area (Å²) >= 11 is 0. The SMILES string of the molecule is CN(C[C@@H]1CCOc2c(-c3ncco3)cccc21)C(=O)O. The molecule has 1 amide bonds. The lowest BCUT2D eigenvalue weighted by atomic mass is 9.91. The van der Waals surface area contributed by atoms with Gasteiger partial charge in [0.25, 0.3) is 0 Å². The minimum absolute atomic E-state index is 0.116. The maximum Gasteiger partial charge on any atom is 0.407 e. The van der Waals surface area contributed by atoms with Crippen LogP contribution < -0.4 is 4.74 Å². The number of aromatic nitrogens is 1. The van der Waals surface area contributed by atoms with Gasteiger partial charge in [-0.3, -0.25) is 0 Å². The summed E-state index contributed by atoms with van der Waals surface area (Å²) < 4.78 is 11.1. The molecule has 0 bridgehead atoms. The van der Waals surface area contributed by atoms with Crippen molar-refractivity contribution in [1.29, 1.82) is 0 Å². The fourth-order valence-electron chi connectivity index (χ4n) is 2.62.